The molecule has 0 fully saturated rings. The van der Waals surface area contributed by atoms with E-state index in [2.05, 4.69) is 28.9 Å². The van der Waals surface area contributed by atoms with Crippen molar-refractivity contribution in [2.24, 2.45) is 5.92 Å². The Morgan fingerprint density at radius 3 is 2.75 bits per heavy atom. The maximum atomic E-state index is 12.1. The van der Waals surface area contributed by atoms with Gasteiger partial charge in [-0.15, -0.1) is 0 Å². The average molecular weight is 301 g/mol. The Hall–Kier alpha value is -1.18. The van der Waals surface area contributed by atoms with Crippen LogP contribution in [0.5, 0.6) is 0 Å². The van der Waals surface area contributed by atoms with Crippen molar-refractivity contribution >= 4 is 15.8 Å². The van der Waals surface area contributed by atoms with E-state index in [-0.39, 0.29) is 11.4 Å². The fourth-order valence-electron chi connectivity index (χ4n) is 1.54. The van der Waals surface area contributed by atoms with Crippen molar-refractivity contribution in [3.63, 3.8) is 0 Å². The van der Waals surface area contributed by atoms with E-state index in [0.717, 1.165) is 6.42 Å². The number of nitrogens with one attached hydrogen (secondary N) is 2. The Bertz CT molecular complexity index is 503. The highest BCUT2D eigenvalue weighted by atomic mass is 32.2. The number of hydrogen-bond acceptors (Lipinski definition) is 5. The van der Waals surface area contributed by atoms with Crippen molar-refractivity contribution in [1.29, 1.82) is 0 Å². The Kier molecular flexibility index (Phi) is 6.90. The molecule has 7 heteroatoms. The highest BCUT2D eigenvalue weighted by Gasteiger charge is 2.17. The quantitative estimate of drug-likeness (QED) is 0.675. The minimum absolute atomic E-state index is 0.143. The number of pyridine rings is 1. The van der Waals surface area contributed by atoms with Gasteiger partial charge in [-0.25, -0.2) is 18.1 Å². The fourth-order valence-corrected chi connectivity index (χ4v) is 2.72. The first-order chi connectivity index (χ1) is 9.47. The molecule has 2 N–H and O–H groups in total. The van der Waals surface area contributed by atoms with E-state index >= 15 is 0 Å². The summed E-state index contributed by atoms with van der Waals surface area (Å²) in [6.45, 7) is 5.50. The number of sulfonamides is 1. The van der Waals surface area contributed by atoms with Crippen molar-refractivity contribution in [3.8, 4) is 0 Å². The summed E-state index contributed by atoms with van der Waals surface area (Å²) in [7, 11) is -1.93. The maximum absolute atomic E-state index is 12.1. The molecule has 1 aromatic rings. The third kappa shape index (κ3) is 5.44. The summed E-state index contributed by atoms with van der Waals surface area (Å²) in [5.41, 5.74) is 0. The molecule has 114 valence electrons. The van der Waals surface area contributed by atoms with E-state index < -0.39 is 10.0 Å². The van der Waals surface area contributed by atoms with E-state index in [1.54, 1.807) is 19.3 Å². The molecular formula is C13H23N3O3S. The van der Waals surface area contributed by atoms with Crippen LogP contribution in [-0.2, 0) is 14.8 Å². The predicted octanol–water partition coefficient (Wildman–Crippen LogP) is 1.46. The third-order valence-corrected chi connectivity index (χ3v) is 4.17. The number of ether oxygens (including phenoxy) is 1. The molecule has 0 aliphatic carbocycles. The molecule has 1 rings (SSSR count). The summed E-state index contributed by atoms with van der Waals surface area (Å²) in [6, 6.07) is 3.11. The van der Waals surface area contributed by atoms with Gasteiger partial charge in [-0.3, -0.25) is 0 Å². The maximum Gasteiger partial charge on any atom is 0.244 e. The Balaban J connectivity index is 2.46. The smallest absolute Gasteiger partial charge is 0.244 e. The number of nitrogens with zero attached hydrogens (tertiary/aromatic N) is 1. The summed E-state index contributed by atoms with van der Waals surface area (Å²) in [5, 5.41) is 2.76. The van der Waals surface area contributed by atoms with E-state index in [4.69, 9.17) is 4.74 Å². The van der Waals surface area contributed by atoms with Crippen LogP contribution in [-0.4, -0.2) is 40.2 Å². The van der Waals surface area contributed by atoms with Crippen molar-refractivity contribution in [2.75, 3.05) is 32.1 Å². The largest absolute Gasteiger partial charge is 0.380 e. The van der Waals surface area contributed by atoms with Gasteiger partial charge in [0.1, 0.15) is 10.7 Å². The minimum atomic E-state index is -3.56. The summed E-state index contributed by atoms with van der Waals surface area (Å²) in [4.78, 5) is 4.12. The van der Waals surface area contributed by atoms with Gasteiger partial charge >= 0.3 is 0 Å². The minimum Gasteiger partial charge on any atom is -0.380 e. The number of hydrogen-bond donors (Lipinski definition) is 2. The molecule has 0 spiro atoms. The van der Waals surface area contributed by atoms with Crippen LogP contribution >= 0.6 is 0 Å². The fraction of sp³-hybridized carbons (Fsp3) is 0.615. The molecule has 0 amide bonds. The van der Waals surface area contributed by atoms with Crippen LogP contribution < -0.4 is 10.0 Å². The molecule has 0 bridgehead atoms. The molecule has 0 aliphatic rings. The van der Waals surface area contributed by atoms with Crippen LogP contribution in [0.3, 0.4) is 0 Å². The van der Waals surface area contributed by atoms with E-state index in [1.165, 1.54) is 6.07 Å². The molecular weight excluding hydrogens is 278 g/mol. The Morgan fingerprint density at radius 2 is 2.10 bits per heavy atom. The van der Waals surface area contributed by atoms with Crippen LogP contribution in [0.15, 0.2) is 23.2 Å². The van der Waals surface area contributed by atoms with Crippen LogP contribution in [0.2, 0.25) is 0 Å². The van der Waals surface area contributed by atoms with Crippen molar-refractivity contribution in [2.45, 2.75) is 25.2 Å². The zero-order valence-corrected chi connectivity index (χ0v) is 13.0. The Morgan fingerprint density at radius 1 is 1.35 bits per heavy atom. The summed E-state index contributed by atoms with van der Waals surface area (Å²) in [6.07, 6.45) is 2.51. The molecule has 0 unspecified atom stereocenters. The zero-order valence-electron chi connectivity index (χ0n) is 12.2. The monoisotopic (exact) mass is 301 g/mol. The van der Waals surface area contributed by atoms with Crippen LogP contribution in [0, 0.1) is 5.92 Å². The van der Waals surface area contributed by atoms with Gasteiger partial charge in [0, 0.05) is 26.4 Å². The lowest BCUT2D eigenvalue weighted by Gasteiger charge is -2.10. The lowest BCUT2D eigenvalue weighted by Crippen LogP contribution is -2.28. The molecule has 20 heavy (non-hydrogen) atoms. The van der Waals surface area contributed by atoms with Crippen LogP contribution in [0.4, 0.5) is 5.82 Å². The molecule has 0 saturated heterocycles. The van der Waals surface area contributed by atoms with Gasteiger partial charge in [-0.1, -0.05) is 13.8 Å². The van der Waals surface area contributed by atoms with Gasteiger partial charge < -0.3 is 10.1 Å². The van der Waals surface area contributed by atoms with Gasteiger partial charge in [0.05, 0.1) is 6.61 Å². The average Bonchev–Trinajstić information content (AvgIpc) is 2.42. The molecule has 0 atom stereocenters. The second-order valence-corrected chi connectivity index (χ2v) is 6.53. The van der Waals surface area contributed by atoms with E-state index in [0.29, 0.717) is 24.9 Å². The van der Waals surface area contributed by atoms with Crippen molar-refractivity contribution < 1.29 is 13.2 Å². The normalized spacial score (nSPS) is 11.8. The first-order valence-electron chi connectivity index (χ1n) is 6.67. The van der Waals surface area contributed by atoms with E-state index in [9.17, 15) is 8.42 Å². The highest BCUT2D eigenvalue weighted by Crippen LogP contribution is 2.16. The lowest BCUT2D eigenvalue weighted by molar-refractivity contribution is 0.128. The summed E-state index contributed by atoms with van der Waals surface area (Å²) in [5.74, 6) is 0.918. The molecule has 1 aromatic heterocycles. The molecule has 0 aliphatic heterocycles. The van der Waals surface area contributed by atoms with E-state index in [1.807, 2.05) is 0 Å². The van der Waals surface area contributed by atoms with Crippen molar-refractivity contribution in [3.05, 3.63) is 18.3 Å². The second kappa shape index (κ2) is 8.18. The van der Waals surface area contributed by atoms with Crippen LogP contribution in [0.1, 0.15) is 20.3 Å². The summed E-state index contributed by atoms with van der Waals surface area (Å²) < 4.78 is 32.1. The molecule has 1 heterocycles. The third-order valence-electron chi connectivity index (χ3n) is 2.68. The van der Waals surface area contributed by atoms with Gasteiger partial charge in [-0.2, -0.15) is 0 Å². The van der Waals surface area contributed by atoms with Gasteiger partial charge in [0.2, 0.25) is 10.0 Å². The highest BCUT2D eigenvalue weighted by molar-refractivity contribution is 7.89. The first-order valence-corrected chi connectivity index (χ1v) is 8.16. The second-order valence-electron chi connectivity index (χ2n) is 4.79. The van der Waals surface area contributed by atoms with Crippen LogP contribution in [0.25, 0.3) is 0 Å². The SMILES string of the molecule is CNc1ncccc1S(=O)(=O)NCCOCCC(C)C. The molecule has 0 saturated carbocycles. The lowest BCUT2D eigenvalue weighted by atomic mass is 10.1. The van der Waals surface area contributed by atoms with Gasteiger partial charge in [0.25, 0.3) is 0 Å². The number of rotatable bonds is 9. The number of anilines is 1. The first kappa shape index (κ1) is 16.9. The molecule has 0 aromatic carbocycles. The number of aromatic nitrogens is 1. The van der Waals surface area contributed by atoms with Crippen molar-refractivity contribution in [1.82, 2.24) is 9.71 Å². The summed E-state index contributed by atoms with van der Waals surface area (Å²) >= 11 is 0. The standard InChI is InChI=1S/C13H23N3O3S/c1-11(2)6-9-19-10-8-16-20(17,18)12-5-4-7-15-13(12)14-3/h4-5,7,11,16H,6,8-10H2,1-3H3,(H,14,15). The van der Waals surface area contributed by atoms with Gasteiger partial charge in [-0.05, 0) is 24.5 Å². The predicted molar refractivity (Wildman–Crippen MR) is 79.2 cm³/mol. The Labute approximate surface area is 121 Å². The topological polar surface area (TPSA) is 80.3 Å². The molecule has 0 radical (unpaired) electrons. The van der Waals surface area contributed by atoms with Gasteiger partial charge in [0.15, 0.2) is 0 Å². The zero-order chi connectivity index (χ0) is 15.0. The molecule has 6 nitrogen and oxygen atoms in total.